The summed E-state index contributed by atoms with van der Waals surface area (Å²) < 4.78 is 22.7. The molecular formula is C45H87NO13. The van der Waals surface area contributed by atoms with Crippen LogP contribution in [0.25, 0.3) is 0 Å². The summed E-state index contributed by atoms with van der Waals surface area (Å²) >= 11 is 0. The number of aliphatic hydroxyl groups excluding tert-OH is 8. The average Bonchev–Trinajstić information content (AvgIpc) is 3.23. The van der Waals surface area contributed by atoms with Gasteiger partial charge >= 0.3 is 0 Å². The number of carbonyl (C=O) groups is 1. The van der Waals surface area contributed by atoms with Crippen molar-refractivity contribution in [2.75, 3.05) is 19.8 Å². The molecule has 0 aromatic heterocycles. The van der Waals surface area contributed by atoms with Crippen molar-refractivity contribution in [3.63, 3.8) is 0 Å². The maximum Gasteiger partial charge on any atom is 0.220 e. The Morgan fingerprint density at radius 1 is 0.542 bits per heavy atom. The molecule has 2 rings (SSSR count). The molecule has 2 saturated heterocycles. The largest absolute Gasteiger partial charge is 0.394 e. The molecule has 0 spiro atoms. The Kier molecular flexibility index (Phi) is 30.8. The van der Waals surface area contributed by atoms with Gasteiger partial charge in [0.05, 0.1) is 32.0 Å². The van der Waals surface area contributed by atoms with Gasteiger partial charge in [0, 0.05) is 6.42 Å². The average molecular weight is 850 g/mol. The molecule has 0 bridgehead atoms. The van der Waals surface area contributed by atoms with Crippen molar-refractivity contribution < 1.29 is 64.6 Å². The zero-order chi connectivity index (χ0) is 43.3. The first-order chi connectivity index (χ1) is 28.6. The first-order valence-corrected chi connectivity index (χ1v) is 23.8. The van der Waals surface area contributed by atoms with Crippen molar-refractivity contribution in [1.82, 2.24) is 5.32 Å². The second kappa shape index (κ2) is 33.5. The Morgan fingerprint density at radius 2 is 0.966 bits per heavy atom. The van der Waals surface area contributed by atoms with Crippen molar-refractivity contribution in [3.05, 3.63) is 0 Å². The van der Waals surface area contributed by atoms with E-state index in [0.29, 0.717) is 12.8 Å². The van der Waals surface area contributed by atoms with Crippen LogP contribution in [0.1, 0.15) is 187 Å². The number of aliphatic hydroxyl groups is 8. The Labute approximate surface area is 355 Å². The molecule has 350 valence electrons. The molecule has 0 saturated carbocycles. The lowest BCUT2D eigenvalue weighted by Gasteiger charge is -2.46. The highest BCUT2D eigenvalue weighted by Crippen LogP contribution is 2.30. The van der Waals surface area contributed by atoms with Crippen LogP contribution in [0.2, 0.25) is 0 Å². The molecular weight excluding hydrogens is 762 g/mol. The smallest absolute Gasteiger partial charge is 0.220 e. The minimum Gasteiger partial charge on any atom is -0.394 e. The van der Waals surface area contributed by atoms with Gasteiger partial charge in [-0.15, -0.1) is 0 Å². The summed E-state index contributed by atoms with van der Waals surface area (Å²) in [6.07, 6.45) is 14.0. The topological polar surface area (TPSA) is 228 Å². The maximum absolute atomic E-state index is 13.1. The van der Waals surface area contributed by atoms with Gasteiger partial charge in [0.2, 0.25) is 5.91 Å². The highest BCUT2D eigenvalue weighted by molar-refractivity contribution is 5.76. The van der Waals surface area contributed by atoms with Crippen LogP contribution in [0.3, 0.4) is 0 Å². The van der Waals surface area contributed by atoms with E-state index in [4.69, 9.17) is 18.9 Å². The van der Waals surface area contributed by atoms with Crippen LogP contribution in [-0.2, 0) is 23.7 Å². The minimum atomic E-state index is -1.78. The quantitative estimate of drug-likeness (QED) is 0.0377. The molecule has 2 aliphatic rings. The fourth-order valence-electron chi connectivity index (χ4n) is 8.12. The molecule has 9 N–H and O–H groups in total. The molecule has 12 atom stereocenters. The van der Waals surface area contributed by atoms with Crippen LogP contribution in [0.5, 0.6) is 0 Å². The fourth-order valence-corrected chi connectivity index (χ4v) is 8.12. The molecule has 4 unspecified atom stereocenters. The van der Waals surface area contributed by atoms with E-state index in [9.17, 15) is 45.6 Å². The van der Waals surface area contributed by atoms with E-state index in [2.05, 4.69) is 19.2 Å². The third-order valence-corrected chi connectivity index (χ3v) is 12.1. The lowest BCUT2D eigenvalue weighted by atomic mass is 9.97. The van der Waals surface area contributed by atoms with Gasteiger partial charge in [-0.2, -0.15) is 0 Å². The van der Waals surface area contributed by atoms with Crippen molar-refractivity contribution in [2.24, 2.45) is 0 Å². The monoisotopic (exact) mass is 850 g/mol. The molecule has 14 heteroatoms. The Hall–Kier alpha value is -1.01. The molecule has 0 aromatic rings. The molecule has 59 heavy (non-hydrogen) atoms. The molecule has 2 aliphatic heterocycles. The van der Waals surface area contributed by atoms with E-state index in [1.165, 1.54) is 109 Å². The number of rotatable bonds is 36. The van der Waals surface area contributed by atoms with E-state index in [1.54, 1.807) is 0 Å². The van der Waals surface area contributed by atoms with Crippen LogP contribution in [0.15, 0.2) is 0 Å². The highest BCUT2D eigenvalue weighted by Gasteiger charge is 2.51. The number of amides is 1. The molecule has 0 aliphatic carbocycles. The SMILES string of the molecule is CCCCCCCCCCCCCCCCCC[C@@H](O)[C@H](CO[C@@H]1O[C@H](CO)[C@@H](O[C@@H]2O[C@H](CO)[C@H](O)C(O)C2O)C(O)C1O)NC(=O)CCCCCCCCCCC. The number of hydrogen-bond donors (Lipinski definition) is 9. The van der Waals surface area contributed by atoms with Crippen LogP contribution < -0.4 is 5.32 Å². The highest BCUT2D eigenvalue weighted by atomic mass is 16.7. The number of unbranched alkanes of at least 4 members (excludes halogenated alkanes) is 23. The van der Waals surface area contributed by atoms with Crippen LogP contribution in [0.4, 0.5) is 0 Å². The third kappa shape index (κ3) is 21.8. The molecule has 1 amide bonds. The van der Waals surface area contributed by atoms with E-state index < -0.39 is 86.8 Å². The van der Waals surface area contributed by atoms with Gasteiger partial charge < -0.3 is 65.1 Å². The predicted octanol–water partition coefficient (Wildman–Crippen LogP) is 5.05. The summed E-state index contributed by atoms with van der Waals surface area (Å²) in [6.45, 7) is 2.82. The number of carbonyl (C=O) groups excluding carboxylic acids is 1. The van der Waals surface area contributed by atoms with E-state index in [1.807, 2.05) is 0 Å². The molecule has 2 fully saturated rings. The van der Waals surface area contributed by atoms with Gasteiger partial charge in [-0.25, -0.2) is 0 Å². The Morgan fingerprint density at radius 3 is 1.44 bits per heavy atom. The Bertz CT molecular complexity index is 1010. The van der Waals surface area contributed by atoms with Gasteiger partial charge in [0.25, 0.3) is 0 Å². The number of ether oxygens (including phenoxy) is 4. The van der Waals surface area contributed by atoms with E-state index in [-0.39, 0.29) is 12.5 Å². The summed E-state index contributed by atoms with van der Waals surface area (Å²) in [7, 11) is 0. The number of nitrogens with one attached hydrogen (secondary N) is 1. The zero-order valence-corrected chi connectivity index (χ0v) is 36.8. The summed E-state index contributed by atoms with van der Waals surface area (Å²) in [4.78, 5) is 13.1. The zero-order valence-electron chi connectivity index (χ0n) is 36.8. The van der Waals surface area contributed by atoms with Gasteiger partial charge in [-0.1, -0.05) is 168 Å². The summed E-state index contributed by atoms with van der Waals surface area (Å²) in [5.74, 6) is -0.209. The van der Waals surface area contributed by atoms with Crippen LogP contribution in [-0.4, -0.2) is 140 Å². The van der Waals surface area contributed by atoms with Crippen LogP contribution >= 0.6 is 0 Å². The van der Waals surface area contributed by atoms with Gasteiger partial charge in [-0.3, -0.25) is 4.79 Å². The van der Waals surface area contributed by atoms with Crippen LogP contribution in [0, 0.1) is 0 Å². The first-order valence-electron chi connectivity index (χ1n) is 23.8. The number of hydrogen-bond acceptors (Lipinski definition) is 13. The van der Waals surface area contributed by atoms with Gasteiger partial charge in [-0.05, 0) is 12.8 Å². The summed E-state index contributed by atoms with van der Waals surface area (Å²) in [6, 6.07) is -0.819. The molecule has 0 radical (unpaired) electrons. The minimum absolute atomic E-state index is 0.209. The first kappa shape index (κ1) is 54.1. The van der Waals surface area contributed by atoms with Crippen molar-refractivity contribution in [3.8, 4) is 0 Å². The summed E-state index contributed by atoms with van der Waals surface area (Å²) in [5.41, 5.74) is 0. The van der Waals surface area contributed by atoms with Crippen molar-refractivity contribution in [1.29, 1.82) is 0 Å². The van der Waals surface area contributed by atoms with Crippen molar-refractivity contribution >= 4 is 5.91 Å². The lowest BCUT2D eigenvalue weighted by Crippen LogP contribution is -2.65. The van der Waals surface area contributed by atoms with E-state index >= 15 is 0 Å². The Balaban J connectivity index is 1.85. The fraction of sp³-hybridized carbons (Fsp3) is 0.978. The second-order valence-corrected chi connectivity index (χ2v) is 17.2. The third-order valence-electron chi connectivity index (χ3n) is 12.1. The van der Waals surface area contributed by atoms with E-state index in [0.717, 1.165) is 51.4 Å². The van der Waals surface area contributed by atoms with Gasteiger partial charge in [0.1, 0.15) is 48.8 Å². The molecule has 14 nitrogen and oxygen atoms in total. The van der Waals surface area contributed by atoms with Crippen molar-refractivity contribution in [2.45, 2.75) is 261 Å². The second-order valence-electron chi connectivity index (χ2n) is 17.2. The molecule has 0 aromatic carbocycles. The standard InChI is InChI=1S/C45H87NO13/c1-3-5-7-9-11-13-14-15-16-17-18-19-21-22-24-26-28-34(49)33(46-37(50)29-27-25-23-20-12-10-8-6-4-2)32-56-44-42(55)40(53)43(36(31-48)58-44)59-45-41(54)39(52)38(51)35(30-47)57-45/h33-36,38-45,47-49,51-55H,3-32H2,1-2H3,(H,46,50)/t33-,34+,35+,36+,38-,39?,40?,41?,42?,43+,44+,45-/m0/s1. The maximum atomic E-state index is 13.1. The van der Waals surface area contributed by atoms with Gasteiger partial charge in [0.15, 0.2) is 12.6 Å². The predicted molar refractivity (Wildman–Crippen MR) is 226 cm³/mol. The lowest BCUT2D eigenvalue weighted by molar-refractivity contribution is -0.359. The molecule has 2 heterocycles. The normalized spacial score (nSPS) is 28.4. The summed E-state index contributed by atoms with van der Waals surface area (Å²) in [5, 5.41) is 86.6.